The van der Waals surface area contributed by atoms with Crippen molar-refractivity contribution in [2.24, 2.45) is 16.7 Å². The molecule has 1 N–H and O–H groups in total. The van der Waals surface area contributed by atoms with Crippen molar-refractivity contribution in [2.75, 3.05) is 39.5 Å². The monoisotopic (exact) mass is 780 g/mol. The molecule has 0 bridgehead atoms. The first-order valence-electron chi connectivity index (χ1n) is 24.2. The normalized spacial score (nSPS) is 12.3. The molecule has 0 rings (SSSR count). The van der Waals surface area contributed by atoms with E-state index >= 15 is 0 Å². The second-order valence-electron chi connectivity index (χ2n) is 18.7. The Labute approximate surface area is 343 Å². The Morgan fingerprint density at radius 1 is 0.527 bits per heavy atom. The molecule has 0 radical (unpaired) electrons. The second kappa shape index (κ2) is 37.2. The number of carbonyl (C=O) groups is 2. The number of hydrogen-bond acceptors (Lipinski definition) is 6. The van der Waals surface area contributed by atoms with Crippen LogP contribution in [0.5, 0.6) is 0 Å². The van der Waals surface area contributed by atoms with Gasteiger partial charge in [-0.15, -0.1) is 0 Å². The van der Waals surface area contributed by atoms with Gasteiger partial charge in [0.2, 0.25) is 0 Å². The van der Waals surface area contributed by atoms with Crippen LogP contribution in [0.2, 0.25) is 0 Å². The Morgan fingerprint density at radius 3 is 1.51 bits per heavy atom. The van der Waals surface area contributed by atoms with E-state index < -0.39 is 5.41 Å². The molecule has 0 atom stereocenters. The highest BCUT2D eigenvalue weighted by Crippen LogP contribution is 2.28. The van der Waals surface area contributed by atoms with E-state index in [1.165, 1.54) is 135 Å². The number of hydrogen-bond donors (Lipinski definition) is 1. The van der Waals surface area contributed by atoms with E-state index in [9.17, 15) is 14.7 Å². The Balaban J connectivity index is 4.40. The van der Waals surface area contributed by atoms with E-state index in [4.69, 9.17) is 9.47 Å². The van der Waals surface area contributed by atoms with Crippen LogP contribution in [0.4, 0.5) is 0 Å². The summed E-state index contributed by atoms with van der Waals surface area (Å²) in [4.78, 5) is 28.3. The van der Waals surface area contributed by atoms with Crippen molar-refractivity contribution in [3.63, 3.8) is 0 Å². The fraction of sp³-hybridized carbons (Fsp3) is 0.959. The molecule has 0 unspecified atom stereocenters. The largest absolute Gasteiger partial charge is 0.465 e. The third-order valence-electron chi connectivity index (χ3n) is 11.8. The van der Waals surface area contributed by atoms with Gasteiger partial charge in [-0.3, -0.25) is 9.59 Å². The Morgan fingerprint density at radius 2 is 0.964 bits per heavy atom. The molecule has 0 aromatic rings. The molecule has 0 aliphatic heterocycles. The van der Waals surface area contributed by atoms with Crippen LogP contribution in [0.25, 0.3) is 0 Å². The van der Waals surface area contributed by atoms with Crippen LogP contribution in [-0.4, -0.2) is 61.4 Å². The quantitative estimate of drug-likeness (QED) is 0.0491. The van der Waals surface area contributed by atoms with Gasteiger partial charge in [0.05, 0.1) is 18.6 Å². The molecule has 6 nitrogen and oxygen atoms in total. The Bertz CT molecular complexity index is 844. The lowest BCUT2D eigenvalue weighted by Gasteiger charge is -2.26. The predicted molar refractivity (Wildman–Crippen MR) is 237 cm³/mol. The molecule has 0 amide bonds. The number of esters is 2. The molecule has 0 aliphatic rings. The van der Waals surface area contributed by atoms with Gasteiger partial charge < -0.3 is 19.5 Å². The topological polar surface area (TPSA) is 76.1 Å². The summed E-state index contributed by atoms with van der Waals surface area (Å²) in [7, 11) is 0. The summed E-state index contributed by atoms with van der Waals surface area (Å²) in [5, 5.41) is 9.35. The van der Waals surface area contributed by atoms with Crippen LogP contribution in [0.3, 0.4) is 0 Å². The molecule has 0 heterocycles. The minimum atomic E-state index is -0.406. The van der Waals surface area contributed by atoms with Gasteiger partial charge in [0.15, 0.2) is 0 Å². The summed E-state index contributed by atoms with van der Waals surface area (Å²) >= 11 is 0. The Kier molecular flexibility index (Phi) is 36.4. The first-order valence-corrected chi connectivity index (χ1v) is 24.2. The van der Waals surface area contributed by atoms with E-state index in [0.29, 0.717) is 25.6 Å². The predicted octanol–water partition coefficient (Wildman–Crippen LogP) is 14.2. The zero-order valence-electron chi connectivity index (χ0n) is 38.3. The van der Waals surface area contributed by atoms with Gasteiger partial charge in [-0.1, -0.05) is 169 Å². The average Bonchev–Trinajstić information content (AvgIpc) is 3.15. The third-order valence-corrected chi connectivity index (χ3v) is 11.8. The first-order chi connectivity index (χ1) is 26.5. The third kappa shape index (κ3) is 34.6. The van der Waals surface area contributed by atoms with Gasteiger partial charge in [0.25, 0.3) is 0 Å². The zero-order chi connectivity index (χ0) is 40.9. The summed E-state index contributed by atoms with van der Waals surface area (Å²) in [5.74, 6) is 0.457. The standard InChI is InChI=1S/C49H97NO5/c1-8-11-14-17-18-23-33-42-54-47(53)49(6,7)37-28-21-22-29-38-50(40-31-32-41-51)39-30-24-27-36-48(4,5)44-55-46(52)43-45(34-25-19-15-12-9-2)35-26-20-16-13-10-3/h45,51H,8-44H2,1-7H3. The SMILES string of the molecule is CCCCCCCCCOC(=O)C(C)(C)CCCCCCN(CCCCO)CCCCCC(C)(C)COC(=O)CC(CCCCCCC)CCCCCCC. The fourth-order valence-electron chi connectivity index (χ4n) is 7.74. The summed E-state index contributed by atoms with van der Waals surface area (Å²) in [6, 6.07) is 0. The van der Waals surface area contributed by atoms with Crippen molar-refractivity contribution in [2.45, 2.75) is 248 Å². The van der Waals surface area contributed by atoms with Crippen LogP contribution in [0.1, 0.15) is 248 Å². The maximum atomic E-state index is 13.0. The number of nitrogens with zero attached hydrogens (tertiary/aromatic N) is 1. The van der Waals surface area contributed by atoms with Crippen LogP contribution in [0.15, 0.2) is 0 Å². The van der Waals surface area contributed by atoms with Crippen molar-refractivity contribution in [1.29, 1.82) is 0 Å². The fourth-order valence-corrected chi connectivity index (χ4v) is 7.74. The molecule has 0 spiro atoms. The van der Waals surface area contributed by atoms with E-state index in [2.05, 4.69) is 39.5 Å². The first kappa shape index (κ1) is 53.9. The summed E-state index contributed by atoms with van der Waals surface area (Å²) in [6.07, 6.45) is 36.4. The number of unbranched alkanes of at least 4 members (excludes halogenated alkanes) is 20. The van der Waals surface area contributed by atoms with Crippen molar-refractivity contribution in [3.05, 3.63) is 0 Å². The lowest BCUT2D eigenvalue weighted by atomic mass is 9.87. The van der Waals surface area contributed by atoms with E-state index in [0.717, 1.165) is 77.4 Å². The smallest absolute Gasteiger partial charge is 0.311 e. The van der Waals surface area contributed by atoms with Crippen molar-refractivity contribution < 1.29 is 24.2 Å². The minimum Gasteiger partial charge on any atom is -0.465 e. The Hall–Kier alpha value is -1.14. The highest BCUT2D eigenvalue weighted by atomic mass is 16.5. The maximum Gasteiger partial charge on any atom is 0.311 e. The van der Waals surface area contributed by atoms with Crippen molar-refractivity contribution in [3.8, 4) is 0 Å². The highest BCUT2D eigenvalue weighted by molar-refractivity contribution is 5.75. The lowest BCUT2D eigenvalue weighted by molar-refractivity contribution is -0.154. The number of carbonyl (C=O) groups excluding carboxylic acids is 2. The van der Waals surface area contributed by atoms with Gasteiger partial charge in [0, 0.05) is 13.0 Å². The van der Waals surface area contributed by atoms with Crippen LogP contribution < -0.4 is 0 Å². The molecule has 0 saturated heterocycles. The number of rotatable bonds is 42. The number of aliphatic hydroxyl groups excluding tert-OH is 1. The molecular weight excluding hydrogens is 683 g/mol. The molecule has 0 fully saturated rings. The molecule has 0 aromatic carbocycles. The minimum absolute atomic E-state index is 0.00509. The molecular formula is C49H97NO5. The van der Waals surface area contributed by atoms with E-state index in [1.54, 1.807) is 0 Å². The summed E-state index contributed by atoms with van der Waals surface area (Å²) < 4.78 is 11.6. The molecule has 328 valence electrons. The van der Waals surface area contributed by atoms with Crippen molar-refractivity contribution >= 4 is 11.9 Å². The van der Waals surface area contributed by atoms with E-state index in [-0.39, 0.29) is 24.0 Å². The molecule has 0 aromatic heterocycles. The van der Waals surface area contributed by atoms with Crippen molar-refractivity contribution in [1.82, 2.24) is 4.90 Å². The lowest BCUT2D eigenvalue weighted by Crippen LogP contribution is -2.28. The van der Waals surface area contributed by atoms with Gasteiger partial charge in [-0.25, -0.2) is 0 Å². The highest BCUT2D eigenvalue weighted by Gasteiger charge is 2.28. The zero-order valence-corrected chi connectivity index (χ0v) is 38.3. The average molecular weight is 780 g/mol. The van der Waals surface area contributed by atoms with E-state index in [1.807, 2.05) is 13.8 Å². The summed E-state index contributed by atoms with van der Waals surface area (Å²) in [6.45, 7) is 20.0. The summed E-state index contributed by atoms with van der Waals surface area (Å²) in [5.41, 5.74) is -0.400. The molecule has 55 heavy (non-hydrogen) atoms. The van der Waals surface area contributed by atoms with Gasteiger partial charge in [-0.05, 0) is 103 Å². The number of aliphatic hydroxyl groups is 1. The maximum absolute atomic E-state index is 13.0. The number of ether oxygens (including phenoxy) is 2. The van der Waals surface area contributed by atoms with Crippen LogP contribution in [-0.2, 0) is 19.1 Å². The molecule has 0 saturated carbocycles. The molecule has 0 aliphatic carbocycles. The van der Waals surface area contributed by atoms with Crippen LogP contribution >= 0.6 is 0 Å². The second-order valence-corrected chi connectivity index (χ2v) is 18.7. The van der Waals surface area contributed by atoms with Gasteiger partial charge in [-0.2, -0.15) is 0 Å². The van der Waals surface area contributed by atoms with Gasteiger partial charge in [0.1, 0.15) is 0 Å². The van der Waals surface area contributed by atoms with Gasteiger partial charge >= 0.3 is 11.9 Å². The molecule has 6 heteroatoms. The van der Waals surface area contributed by atoms with Crippen LogP contribution in [0, 0.1) is 16.7 Å².